The number of aromatic hydroxyl groups is 3. The van der Waals surface area contributed by atoms with E-state index in [4.69, 9.17) is 0 Å². The number of benzene rings is 3. The smallest absolute Gasteiger partial charge is 0.124 e. The second-order valence-electron chi connectivity index (χ2n) is 9.80. The highest BCUT2D eigenvalue weighted by atomic mass is 16.3. The van der Waals surface area contributed by atoms with Gasteiger partial charge in [-0.25, -0.2) is 0 Å². The van der Waals surface area contributed by atoms with E-state index in [2.05, 4.69) is 12.1 Å². The molecule has 7 rings (SSSR count). The lowest BCUT2D eigenvalue weighted by Crippen LogP contribution is -2.48. The van der Waals surface area contributed by atoms with Crippen molar-refractivity contribution in [2.75, 3.05) is 0 Å². The van der Waals surface area contributed by atoms with Crippen LogP contribution in [0, 0.1) is 17.8 Å². The average Bonchev–Trinajstić information content (AvgIpc) is 2.68. The Hall–Kier alpha value is -2.68. The summed E-state index contributed by atoms with van der Waals surface area (Å²) in [5.74, 6) is 3.05. The standard InChI is InChI=1S/C26H26O3/c27-23-3-1-2-20-22(23)9-18(10-25(20)29)21-11-19(4-5-24(21)28)26-12-15-6-16(13-26)8-17(7-15)14-26/h1-5,9-11,15-17,27-29H,6-8,12-14H2. The number of phenolic OH excluding ortho intramolecular Hbond substituents is 3. The van der Waals surface area contributed by atoms with Crippen LogP contribution in [0.2, 0.25) is 0 Å². The molecule has 3 heteroatoms. The number of fused-ring (bicyclic) bond motifs is 1. The molecule has 4 fully saturated rings. The van der Waals surface area contributed by atoms with Crippen molar-refractivity contribution in [2.45, 2.75) is 43.9 Å². The summed E-state index contributed by atoms with van der Waals surface area (Å²) in [6.07, 6.45) is 8.03. The minimum Gasteiger partial charge on any atom is -0.507 e. The monoisotopic (exact) mass is 386 g/mol. The maximum atomic E-state index is 10.7. The van der Waals surface area contributed by atoms with E-state index in [0.717, 1.165) is 28.9 Å². The minimum atomic E-state index is 0.119. The molecule has 29 heavy (non-hydrogen) atoms. The van der Waals surface area contributed by atoms with Gasteiger partial charge in [-0.1, -0.05) is 18.2 Å². The van der Waals surface area contributed by atoms with Gasteiger partial charge < -0.3 is 15.3 Å². The van der Waals surface area contributed by atoms with Crippen LogP contribution in [0.4, 0.5) is 0 Å². The normalized spacial score (nSPS) is 30.1. The molecule has 3 nitrogen and oxygen atoms in total. The molecule has 4 bridgehead atoms. The fourth-order valence-electron chi connectivity index (χ4n) is 7.07. The molecule has 0 aromatic heterocycles. The third kappa shape index (κ3) is 2.56. The SMILES string of the molecule is Oc1ccc(C23CC4CC(CC(C4)C2)C3)cc1-c1cc(O)c2cccc(O)c2c1. The molecule has 4 saturated carbocycles. The van der Waals surface area contributed by atoms with Crippen LogP contribution in [0.25, 0.3) is 21.9 Å². The lowest BCUT2D eigenvalue weighted by Gasteiger charge is -2.57. The van der Waals surface area contributed by atoms with Gasteiger partial charge in [-0.15, -0.1) is 0 Å². The lowest BCUT2D eigenvalue weighted by atomic mass is 9.48. The number of hydrogen-bond acceptors (Lipinski definition) is 3. The highest BCUT2D eigenvalue weighted by Gasteiger charge is 2.51. The fourth-order valence-corrected chi connectivity index (χ4v) is 7.07. The summed E-state index contributed by atoms with van der Waals surface area (Å²) in [6.45, 7) is 0. The summed E-state index contributed by atoms with van der Waals surface area (Å²) in [7, 11) is 0. The molecule has 0 saturated heterocycles. The predicted molar refractivity (Wildman–Crippen MR) is 114 cm³/mol. The molecule has 0 radical (unpaired) electrons. The van der Waals surface area contributed by atoms with E-state index in [1.807, 2.05) is 12.1 Å². The zero-order valence-corrected chi connectivity index (χ0v) is 16.4. The summed E-state index contributed by atoms with van der Waals surface area (Å²) >= 11 is 0. The van der Waals surface area contributed by atoms with Crippen molar-refractivity contribution in [1.29, 1.82) is 0 Å². The predicted octanol–water partition coefficient (Wildman–Crippen LogP) is 6.09. The first kappa shape index (κ1) is 17.2. The van der Waals surface area contributed by atoms with E-state index in [1.165, 1.54) is 44.1 Å². The van der Waals surface area contributed by atoms with Crippen molar-refractivity contribution in [3.8, 4) is 28.4 Å². The van der Waals surface area contributed by atoms with Gasteiger partial charge in [0.1, 0.15) is 17.2 Å². The van der Waals surface area contributed by atoms with Crippen LogP contribution in [0.5, 0.6) is 17.2 Å². The Morgan fingerprint density at radius 2 is 1.34 bits per heavy atom. The molecule has 4 aliphatic carbocycles. The van der Waals surface area contributed by atoms with Gasteiger partial charge in [0, 0.05) is 16.3 Å². The first-order valence-corrected chi connectivity index (χ1v) is 10.8. The van der Waals surface area contributed by atoms with Gasteiger partial charge in [-0.3, -0.25) is 0 Å². The first-order chi connectivity index (χ1) is 14.0. The van der Waals surface area contributed by atoms with E-state index < -0.39 is 0 Å². The Bertz CT molecular complexity index is 1090. The number of hydrogen-bond donors (Lipinski definition) is 3. The molecule has 0 heterocycles. The average molecular weight is 386 g/mol. The quantitative estimate of drug-likeness (QED) is 0.499. The highest BCUT2D eigenvalue weighted by Crippen LogP contribution is 2.61. The Kier molecular flexibility index (Phi) is 3.51. The first-order valence-electron chi connectivity index (χ1n) is 10.8. The van der Waals surface area contributed by atoms with Crippen molar-refractivity contribution in [2.24, 2.45) is 17.8 Å². The molecule has 4 aliphatic rings. The molecule has 3 aromatic rings. The van der Waals surface area contributed by atoms with E-state index in [1.54, 1.807) is 24.3 Å². The molecular formula is C26H26O3. The van der Waals surface area contributed by atoms with Gasteiger partial charge in [0.05, 0.1) is 0 Å². The van der Waals surface area contributed by atoms with Crippen molar-refractivity contribution in [3.05, 3.63) is 54.1 Å². The van der Waals surface area contributed by atoms with E-state index >= 15 is 0 Å². The van der Waals surface area contributed by atoms with Crippen molar-refractivity contribution < 1.29 is 15.3 Å². The van der Waals surface area contributed by atoms with Gasteiger partial charge in [0.2, 0.25) is 0 Å². The summed E-state index contributed by atoms with van der Waals surface area (Å²) in [5.41, 5.74) is 3.05. The maximum Gasteiger partial charge on any atom is 0.124 e. The zero-order chi connectivity index (χ0) is 19.8. The van der Waals surface area contributed by atoms with Gasteiger partial charge in [-0.2, -0.15) is 0 Å². The molecule has 0 atom stereocenters. The largest absolute Gasteiger partial charge is 0.507 e. The van der Waals surface area contributed by atoms with Gasteiger partial charge >= 0.3 is 0 Å². The van der Waals surface area contributed by atoms with Crippen LogP contribution in [0.15, 0.2) is 48.5 Å². The second-order valence-corrected chi connectivity index (χ2v) is 9.80. The molecule has 0 spiro atoms. The maximum absolute atomic E-state index is 10.7. The van der Waals surface area contributed by atoms with Crippen LogP contribution in [0.3, 0.4) is 0 Å². The van der Waals surface area contributed by atoms with Gasteiger partial charge in [0.15, 0.2) is 0 Å². The third-order valence-corrected chi connectivity index (χ3v) is 7.91. The van der Waals surface area contributed by atoms with Crippen molar-refractivity contribution >= 4 is 10.8 Å². The topological polar surface area (TPSA) is 60.7 Å². The fraction of sp³-hybridized carbons (Fsp3) is 0.385. The van der Waals surface area contributed by atoms with Crippen LogP contribution in [-0.4, -0.2) is 15.3 Å². The van der Waals surface area contributed by atoms with Crippen LogP contribution >= 0.6 is 0 Å². The molecule has 0 aliphatic heterocycles. The lowest BCUT2D eigenvalue weighted by molar-refractivity contribution is -0.00518. The number of rotatable bonds is 2. The Labute approximate surface area is 170 Å². The molecular weight excluding hydrogens is 360 g/mol. The van der Waals surface area contributed by atoms with E-state index in [9.17, 15) is 15.3 Å². The van der Waals surface area contributed by atoms with Crippen molar-refractivity contribution in [1.82, 2.24) is 0 Å². The summed E-state index contributed by atoms with van der Waals surface area (Å²) in [6, 6.07) is 14.8. The summed E-state index contributed by atoms with van der Waals surface area (Å²) in [5, 5.41) is 32.7. The molecule has 3 N–H and O–H groups in total. The van der Waals surface area contributed by atoms with Gasteiger partial charge in [-0.05, 0) is 103 Å². The van der Waals surface area contributed by atoms with E-state index in [-0.39, 0.29) is 22.7 Å². The number of phenols is 3. The molecule has 3 aromatic carbocycles. The summed E-state index contributed by atoms with van der Waals surface area (Å²) in [4.78, 5) is 0. The zero-order valence-electron chi connectivity index (χ0n) is 16.4. The molecule has 0 amide bonds. The highest BCUT2D eigenvalue weighted by molar-refractivity contribution is 5.96. The Morgan fingerprint density at radius 1 is 0.655 bits per heavy atom. The van der Waals surface area contributed by atoms with Crippen LogP contribution < -0.4 is 0 Å². The van der Waals surface area contributed by atoms with Gasteiger partial charge in [0.25, 0.3) is 0 Å². The van der Waals surface area contributed by atoms with E-state index in [0.29, 0.717) is 10.8 Å². The Balaban J connectivity index is 1.49. The molecule has 0 unspecified atom stereocenters. The minimum absolute atomic E-state index is 0.119. The summed E-state index contributed by atoms with van der Waals surface area (Å²) < 4.78 is 0. The second kappa shape index (κ2) is 5.91. The van der Waals surface area contributed by atoms with Crippen molar-refractivity contribution in [3.63, 3.8) is 0 Å². The van der Waals surface area contributed by atoms with Crippen LogP contribution in [-0.2, 0) is 5.41 Å². The third-order valence-electron chi connectivity index (χ3n) is 7.91. The van der Waals surface area contributed by atoms with Crippen LogP contribution in [0.1, 0.15) is 44.1 Å². The Morgan fingerprint density at radius 3 is 2.03 bits per heavy atom. The molecule has 148 valence electrons.